The largest absolute Gasteiger partial charge is 0.483 e. The lowest BCUT2D eigenvalue weighted by Gasteiger charge is -2.12. The molecule has 0 saturated heterocycles. The van der Waals surface area contributed by atoms with E-state index in [0.717, 1.165) is 32.4 Å². The molecule has 0 aliphatic heterocycles. The molecule has 0 heterocycles. The van der Waals surface area contributed by atoms with Crippen molar-refractivity contribution in [3.05, 3.63) is 82.3 Å². The summed E-state index contributed by atoms with van der Waals surface area (Å²) >= 11 is 3.53. The summed E-state index contributed by atoms with van der Waals surface area (Å²) < 4.78 is 6.49. The number of hydrogen-bond acceptors (Lipinski definition) is 2. The molecule has 3 nitrogen and oxygen atoms in total. The van der Waals surface area contributed by atoms with Crippen LogP contribution in [0.5, 0.6) is 5.75 Å². The molecule has 0 unspecified atom stereocenters. The van der Waals surface area contributed by atoms with Crippen molar-refractivity contribution < 1.29 is 9.53 Å². The lowest BCUT2D eigenvalue weighted by Crippen LogP contribution is -2.20. The molecule has 0 atom stereocenters. The third kappa shape index (κ3) is 4.52. The quantitative estimate of drug-likeness (QED) is 0.582. The molecule has 0 radical (unpaired) electrons. The topological polar surface area (TPSA) is 38.3 Å². The highest BCUT2D eigenvalue weighted by Crippen LogP contribution is 2.30. The first-order chi connectivity index (χ1) is 12.5. The van der Waals surface area contributed by atoms with Gasteiger partial charge in [-0.3, -0.25) is 4.79 Å². The number of amides is 1. The zero-order chi connectivity index (χ0) is 18.5. The molecule has 0 spiro atoms. The van der Waals surface area contributed by atoms with Gasteiger partial charge in [-0.15, -0.1) is 0 Å². The Morgan fingerprint density at radius 1 is 0.962 bits per heavy atom. The van der Waals surface area contributed by atoms with Gasteiger partial charge in [-0.1, -0.05) is 48.5 Å². The molecule has 26 heavy (non-hydrogen) atoms. The van der Waals surface area contributed by atoms with Gasteiger partial charge in [0.25, 0.3) is 5.91 Å². The fraction of sp³-hybridized carbons (Fsp3) is 0.136. The zero-order valence-corrected chi connectivity index (χ0v) is 16.3. The summed E-state index contributed by atoms with van der Waals surface area (Å²) in [5.41, 5.74) is 5.16. The highest BCUT2D eigenvalue weighted by molar-refractivity contribution is 9.10. The van der Waals surface area contributed by atoms with Crippen molar-refractivity contribution >= 4 is 27.5 Å². The number of carbonyl (C=O) groups is 1. The van der Waals surface area contributed by atoms with E-state index in [1.54, 1.807) is 0 Å². The van der Waals surface area contributed by atoms with Crippen molar-refractivity contribution in [1.82, 2.24) is 0 Å². The van der Waals surface area contributed by atoms with Gasteiger partial charge in [-0.25, -0.2) is 0 Å². The predicted molar refractivity (Wildman–Crippen MR) is 110 cm³/mol. The maximum Gasteiger partial charge on any atom is 0.262 e. The van der Waals surface area contributed by atoms with Crippen LogP contribution in [0.25, 0.3) is 11.1 Å². The fourth-order valence-electron chi connectivity index (χ4n) is 2.63. The van der Waals surface area contributed by atoms with Crippen molar-refractivity contribution in [3.8, 4) is 16.9 Å². The lowest BCUT2D eigenvalue weighted by molar-refractivity contribution is -0.118. The van der Waals surface area contributed by atoms with E-state index in [9.17, 15) is 4.79 Å². The molecular weight excluding hydrogens is 390 g/mol. The average Bonchev–Trinajstić information content (AvgIpc) is 2.64. The number of halogens is 1. The van der Waals surface area contributed by atoms with Crippen molar-refractivity contribution in [3.63, 3.8) is 0 Å². The van der Waals surface area contributed by atoms with Gasteiger partial charge in [0.15, 0.2) is 6.61 Å². The van der Waals surface area contributed by atoms with Crippen molar-refractivity contribution in [2.24, 2.45) is 0 Å². The minimum Gasteiger partial charge on any atom is -0.483 e. The molecule has 3 aromatic rings. The minimum atomic E-state index is -0.183. The SMILES string of the molecule is Cc1ccc(C)c(NC(=O)COc2ccc(-c3ccccc3)cc2Br)c1. The van der Waals surface area contributed by atoms with Crippen LogP contribution in [0.3, 0.4) is 0 Å². The molecule has 0 saturated carbocycles. The number of benzene rings is 3. The van der Waals surface area contributed by atoms with E-state index < -0.39 is 0 Å². The number of rotatable bonds is 5. The van der Waals surface area contributed by atoms with Crippen LogP contribution in [0.4, 0.5) is 5.69 Å². The van der Waals surface area contributed by atoms with Crippen LogP contribution in [0.1, 0.15) is 11.1 Å². The first kappa shape index (κ1) is 18.2. The third-order valence-corrected chi connectivity index (χ3v) is 4.68. The van der Waals surface area contributed by atoms with Gasteiger partial charge in [-0.05, 0) is 70.2 Å². The highest BCUT2D eigenvalue weighted by Gasteiger charge is 2.09. The lowest BCUT2D eigenvalue weighted by atomic mass is 10.1. The van der Waals surface area contributed by atoms with Crippen molar-refractivity contribution in [2.75, 3.05) is 11.9 Å². The summed E-state index contributed by atoms with van der Waals surface area (Å²) in [6.45, 7) is 3.92. The maximum atomic E-state index is 12.2. The van der Waals surface area contributed by atoms with Gasteiger partial charge in [-0.2, -0.15) is 0 Å². The second kappa shape index (κ2) is 8.19. The van der Waals surface area contributed by atoms with Crippen LogP contribution in [0.2, 0.25) is 0 Å². The second-order valence-electron chi connectivity index (χ2n) is 6.17. The Morgan fingerprint density at radius 2 is 1.73 bits per heavy atom. The molecule has 132 valence electrons. The molecular formula is C22H20BrNO2. The van der Waals surface area contributed by atoms with Crippen LogP contribution < -0.4 is 10.1 Å². The van der Waals surface area contributed by atoms with Crippen LogP contribution >= 0.6 is 15.9 Å². The standard InChI is InChI=1S/C22H20BrNO2/c1-15-8-9-16(2)20(12-15)24-22(25)14-26-21-11-10-18(13-19(21)23)17-6-4-3-5-7-17/h3-13H,14H2,1-2H3,(H,24,25). The van der Waals surface area contributed by atoms with Gasteiger partial charge >= 0.3 is 0 Å². The van der Waals surface area contributed by atoms with E-state index in [1.165, 1.54) is 0 Å². The highest BCUT2D eigenvalue weighted by atomic mass is 79.9. The molecule has 0 aliphatic rings. The Kier molecular flexibility index (Phi) is 5.74. The van der Waals surface area contributed by atoms with E-state index in [4.69, 9.17) is 4.74 Å². The third-order valence-electron chi connectivity index (χ3n) is 4.06. The summed E-state index contributed by atoms with van der Waals surface area (Å²) in [6.07, 6.45) is 0. The molecule has 3 aromatic carbocycles. The van der Waals surface area contributed by atoms with Gasteiger partial charge in [0, 0.05) is 5.69 Å². The minimum absolute atomic E-state index is 0.0450. The number of hydrogen-bond donors (Lipinski definition) is 1. The molecule has 0 aliphatic carbocycles. The molecule has 1 N–H and O–H groups in total. The number of nitrogens with one attached hydrogen (secondary N) is 1. The van der Waals surface area contributed by atoms with Gasteiger partial charge in [0.1, 0.15) is 5.75 Å². The van der Waals surface area contributed by atoms with E-state index >= 15 is 0 Å². The molecule has 4 heteroatoms. The summed E-state index contributed by atoms with van der Waals surface area (Å²) in [7, 11) is 0. The smallest absolute Gasteiger partial charge is 0.262 e. The van der Waals surface area contributed by atoms with Crippen LogP contribution in [0, 0.1) is 13.8 Å². The molecule has 1 amide bonds. The Labute approximate surface area is 162 Å². The van der Waals surface area contributed by atoms with E-state index in [-0.39, 0.29) is 12.5 Å². The second-order valence-corrected chi connectivity index (χ2v) is 7.02. The van der Waals surface area contributed by atoms with Crippen LogP contribution in [-0.2, 0) is 4.79 Å². The molecule has 0 bridgehead atoms. The number of aryl methyl sites for hydroxylation is 2. The zero-order valence-electron chi connectivity index (χ0n) is 14.8. The summed E-state index contributed by atoms with van der Waals surface area (Å²) in [6, 6.07) is 21.9. The van der Waals surface area contributed by atoms with Crippen molar-refractivity contribution in [2.45, 2.75) is 13.8 Å². The summed E-state index contributed by atoms with van der Waals surface area (Å²) in [5, 5.41) is 2.90. The number of anilines is 1. The van der Waals surface area contributed by atoms with Crippen molar-refractivity contribution in [1.29, 1.82) is 0 Å². The summed E-state index contributed by atoms with van der Waals surface area (Å²) in [5.74, 6) is 0.457. The van der Waals surface area contributed by atoms with Crippen LogP contribution in [0.15, 0.2) is 71.2 Å². The van der Waals surface area contributed by atoms with Gasteiger partial charge in [0.05, 0.1) is 4.47 Å². The van der Waals surface area contributed by atoms with Gasteiger partial charge in [0.2, 0.25) is 0 Å². The Balaban J connectivity index is 1.64. The number of carbonyl (C=O) groups excluding carboxylic acids is 1. The number of ether oxygens (including phenoxy) is 1. The van der Waals surface area contributed by atoms with E-state index in [1.807, 2.05) is 68.4 Å². The van der Waals surface area contributed by atoms with Crippen LogP contribution in [-0.4, -0.2) is 12.5 Å². The normalized spacial score (nSPS) is 10.4. The average molecular weight is 410 g/mol. The van der Waals surface area contributed by atoms with E-state index in [0.29, 0.717) is 5.75 Å². The molecule has 0 fully saturated rings. The Bertz CT molecular complexity index is 923. The molecule has 0 aromatic heterocycles. The predicted octanol–water partition coefficient (Wildman–Crippen LogP) is 5.75. The summed E-state index contributed by atoms with van der Waals surface area (Å²) in [4.78, 5) is 12.2. The molecule has 3 rings (SSSR count). The first-order valence-corrected chi connectivity index (χ1v) is 9.17. The Hall–Kier alpha value is -2.59. The van der Waals surface area contributed by atoms with E-state index in [2.05, 4.69) is 33.4 Å². The maximum absolute atomic E-state index is 12.2. The Morgan fingerprint density at radius 3 is 2.46 bits per heavy atom. The first-order valence-electron chi connectivity index (χ1n) is 8.38. The van der Waals surface area contributed by atoms with Gasteiger partial charge < -0.3 is 10.1 Å². The fourth-order valence-corrected chi connectivity index (χ4v) is 3.12. The monoisotopic (exact) mass is 409 g/mol.